The lowest BCUT2D eigenvalue weighted by Crippen LogP contribution is -2.28. The Balaban J connectivity index is 1.24. The van der Waals surface area contributed by atoms with Crippen LogP contribution in [0, 0.1) is 0 Å². The topological polar surface area (TPSA) is 43.6 Å². The third-order valence-corrected chi connectivity index (χ3v) is 11.6. The molecule has 2 aliphatic carbocycles. The van der Waals surface area contributed by atoms with Crippen molar-refractivity contribution in [2.45, 2.75) is 18.3 Å². The van der Waals surface area contributed by atoms with Crippen molar-refractivity contribution in [1.29, 1.82) is 0 Å². The summed E-state index contributed by atoms with van der Waals surface area (Å²) >= 11 is 0. The van der Waals surface area contributed by atoms with Crippen molar-refractivity contribution >= 4 is 27.4 Å². The van der Waals surface area contributed by atoms with Gasteiger partial charge in [-0.25, -0.2) is 4.98 Å². The molecule has 0 N–H and O–H groups in total. The van der Waals surface area contributed by atoms with Crippen LogP contribution in [0.4, 0.5) is 0 Å². The van der Waals surface area contributed by atoms with Crippen molar-refractivity contribution < 1.29 is 0 Å². The molecule has 2 aromatic heterocycles. The summed E-state index contributed by atoms with van der Waals surface area (Å²) in [5, 5.41) is 2.31. The summed E-state index contributed by atoms with van der Waals surface area (Å²) in [6.45, 7) is 0. The predicted octanol–water partition coefficient (Wildman–Crippen LogP) is 12.4. The van der Waals surface area contributed by atoms with Gasteiger partial charge in [0.05, 0.1) is 16.4 Å². The Bertz CT molecular complexity index is 2960. The van der Waals surface area contributed by atoms with Gasteiger partial charge in [-0.2, -0.15) is 9.97 Å². The molecule has 0 saturated carbocycles. The Morgan fingerprint density at radius 1 is 0.446 bits per heavy atom. The van der Waals surface area contributed by atoms with Crippen molar-refractivity contribution in [1.82, 2.24) is 19.5 Å². The fraction of sp³-hybridized carbons (Fsp3) is 0.0577. The van der Waals surface area contributed by atoms with Gasteiger partial charge in [0, 0.05) is 21.9 Å². The van der Waals surface area contributed by atoms with E-state index in [1.165, 1.54) is 44.5 Å². The molecule has 0 saturated heterocycles. The third kappa shape index (κ3) is 4.96. The van der Waals surface area contributed by atoms with Crippen LogP contribution in [0.2, 0.25) is 0 Å². The molecular weight excluding hydrogens is 681 g/mol. The normalized spacial score (nSPS) is 14.1. The van der Waals surface area contributed by atoms with Gasteiger partial charge in [-0.3, -0.25) is 4.57 Å². The highest BCUT2D eigenvalue weighted by Crippen LogP contribution is 2.58. The highest BCUT2D eigenvalue weighted by molar-refractivity contribution is 6.11. The summed E-state index contributed by atoms with van der Waals surface area (Å²) in [4.78, 5) is 15.5. The highest BCUT2D eigenvalue weighted by Gasteiger charge is 2.46. The molecule has 0 fully saturated rings. The van der Waals surface area contributed by atoms with Crippen molar-refractivity contribution in [3.8, 4) is 39.6 Å². The van der Waals surface area contributed by atoms with E-state index in [1.807, 2.05) is 18.2 Å². The summed E-state index contributed by atoms with van der Waals surface area (Å²) in [5.74, 6) is 1.95. The van der Waals surface area contributed by atoms with Gasteiger partial charge >= 0.3 is 0 Å². The number of aromatic nitrogens is 4. The van der Waals surface area contributed by atoms with E-state index >= 15 is 0 Å². The zero-order valence-corrected chi connectivity index (χ0v) is 30.7. The molecule has 2 heterocycles. The van der Waals surface area contributed by atoms with Gasteiger partial charge in [-0.15, -0.1) is 0 Å². The van der Waals surface area contributed by atoms with E-state index in [9.17, 15) is 0 Å². The fourth-order valence-electron chi connectivity index (χ4n) is 9.06. The van der Waals surface area contributed by atoms with E-state index in [0.29, 0.717) is 17.6 Å². The van der Waals surface area contributed by atoms with Crippen molar-refractivity contribution in [2.24, 2.45) is 0 Å². The predicted molar refractivity (Wildman–Crippen MR) is 229 cm³/mol. The first-order valence-corrected chi connectivity index (χ1v) is 19.4. The zero-order chi connectivity index (χ0) is 37.1. The summed E-state index contributed by atoms with van der Waals surface area (Å²) in [7, 11) is 0. The maximum absolute atomic E-state index is 5.25. The highest BCUT2D eigenvalue weighted by atomic mass is 15.2. The SMILES string of the molecule is C1=CC(c2nc(-c3ccccc3)nc(-n3c4ccccc4c4cc5c(cc43)-c3ccc(-c4ccccc4)cc3C5(c3ccccc3)c3ccccc3)n2)=CCC1. The van der Waals surface area contributed by atoms with Gasteiger partial charge in [-0.1, -0.05) is 170 Å². The summed E-state index contributed by atoms with van der Waals surface area (Å²) in [5.41, 5.74) is 13.4. The van der Waals surface area contributed by atoms with Crippen LogP contribution in [-0.4, -0.2) is 19.5 Å². The van der Waals surface area contributed by atoms with E-state index in [-0.39, 0.29) is 0 Å². The minimum absolute atomic E-state index is 0.560. The second kappa shape index (κ2) is 13.0. The number of allylic oxidation sites excluding steroid dienone is 4. The summed E-state index contributed by atoms with van der Waals surface area (Å²) in [6.07, 6.45) is 8.57. The Morgan fingerprint density at radius 3 is 1.77 bits per heavy atom. The Labute approximate surface area is 325 Å². The van der Waals surface area contributed by atoms with Crippen molar-refractivity contribution in [2.75, 3.05) is 0 Å². The number of fused-ring (bicyclic) bond motifs is 6. The second-order valence-electron chi connectivity index (χ2n) is 14.7. The quantitative estimate of drug-likeness (QED) is 0.172. The first-order chi connectivity index (χ1) is 27.8. The lowest BCUT2D eigenvalue weighted by atomic mass is 9.67. The molecule has 7 aromatic carbocycles. The lowest BCUT2D eigenvalue weighted by Gasteiger charge is -2.34. The third-order valence-electron chi connectivity index (χ3n) is 11.6. The number of rotatable bonds is 6. The number of hydrogen-bond acceptors (Lipinski definition) is 3. The Morgan fingerprint density at radius 2 is 1.07 bits per heavy atom. The van der Waals surface area contributed by atoms with Crippen LogP contribution in [0.3, 0.4) is 0 Å². The average Bonchev–Trinajstić information content (AvgIpc) is 3.76. The van der Waals surface area contributed by atoms with Gasteiger partial charge in [-0.05, 0) is 81.6 Å². The molecule has 0 atom stereocenters. The molecule has 0 radical (unpaired) electrons. The minimum Gasteiger partial charge on any atom is -0.278 e. The van der Waals surface area contributed by atoms with Crippen molar-refractivity contribution in [3.63, 3.8) is 0 Å². The molecule has 0 unspecified atom stereocenters. The number of hydrogen-bond donors (Lipinski definition) is 0. The second-order valence-corrected chi connectivity index (χ2v) is 14.7. The van der Waals surface area contributed by atoms with Crippen LogP contribution >= 0.6 is 0 Å². The van der Waals surface area contributed by atoms with Crippen LogP contribution in [0.25, 0.3) is 67.0 Å². The van der Waals surface area contributed by atoms with Gasteiger partial charge in [0.15, 0.2) is 11.6 Å². The molecule has 0 bridgehead atoms. The minimum atomic E-state index is -0.560. The maximum atomic E-state index is 5.25. The molecule has 9 aromatic rings. The number of para-hydroxylation sites is 1. The molecule has 11 rings (SSSR count). The van der Waals surface area contributed by atoms with Crippen LogP contribution in [0.1, 0.15) is 40.9 Å². The smallest absolute Gasteiger partial charge is 0.238 e. The van der Waals surface area contributed by atoms with Crippen LogP contribution in [0.5, 0.6) is 0 Å². The van der Waals surface area contributed by atoms with E-state index in [2.05, 4.69) is 181 Å². The van der Waals surface area contributed by atoms with Crippen LogP contribution < -0.4 is 0 Å². The first-order valence-electron chi connectivity index (χ1n) is 19.4. The molecular formula is C52H36N4. The molecule has 56 heavy (non-hydrogen) atoms. The lowest BCUT2D eigenvalue weighted by molar-refractivity contribution is 0.770. The number of benzene rings is 7. The van der Waals surface area contributed by atoms with Crippen molar-refractivity contribution in [3.05, 3.63) is 222 Å². The van der Waals surface area contributed by atoms with E-state index < -0.39 is 5.41 Å². The maximum Gasteiger partial charge on any atom is 0.238 e. The van der Waals surface area contributed by atoms with E-state index in [0.717, 1.165) is 45.8 Å². The molecule has 4 heteroatoms. The molecule has 0 aliphatic heterocycles. The van der Waals surface area contributed by atoms with Crippen LogP contribution in [-0.2, 0) is 5.41 Å². The van der Waals surface area contributed by atoms with Gasteiger partial charge in [0.1, 0.15) is 0 Å². The first kappa shape index (κ1) is 32.3. The molecule has 264 valence electrons. The van der Waals surface area contributed by atoms with E-state index in [1.54, 1.807) is 0 Å². The monoisotopic (exact) mass is 716 g/mol. The fourth-order valence-corrected chi connectivity index (χ4v) is 9.06. The van der Waals surface area contributed by atoms with Gasteiger partial charge < -0.3 is 0 Å². The molecule has 0 spiro atoms. The van der Waals surface area contributed by atoms with Crippen LogP contribution in [0.15, 0.2) is 194 Å². The molecule has 0 amide bonds. The zero-order valence-electron chi connectivity index (χ0n) is 30.7. The summed E-state index contributed by atoms with van der Waals surface area (Å²) < 4.78 is 2.25. The summed E-state index contributed by atoms with van der Waals surface area (Å²) in [6, 6.07) is 63.6. The standard InChI is InChI=1S/C52H36N4/c1-6-18-35(19-7-1)38-30-31-41-43-34-48-44(33-46(43)52(45(41)32-38,39-24-12-4-13-25-39)40-26-14-5-15-27-40)42-28-16-17-29-47(42)56(48)51-54-49(36-20-8-2-9-21-36)53-50(55-51)37-22-10-3-11-23-37/h1-2,4-10,12-34H,3,11H2. The largest absolute Gasteiger partial charge is 0.278 e. The Kier molecular flexibility index (Phi) is 7.49. The van der Waals surface area contributed by atoms with Gasteiger partial charge in [0.2, 0.25) is 5.95 Å². The molecule has 4 nitrogen and oxygen atoms in total. The molecule has 2 aliphatic rings. The van der Waals surface area contributed by atoms with E-state index in [4.69, 9.17) is 15.0 Å². The Hall–Kier alpha value is -7.17. The number of nitrogens with zero attached hydrogens (tertiary/aromatic N) is 4. The van der Waals surface area contributed by atoms with Gasteiger partial charge in [0.25, 0.3) is 0 Å². The average molecular weight is 717 g/mol.